The summed E-state index contributed by atoms with van der Waals surface area (Å²) in [6, 6.07) is 4.73. The third-order valence-electron chi connectivity index (χ3n) is 2.23. The molecule has 0 radical (unpaired) electrons. The molecule has 0 N–H and O–H groups in total. The fraction of sp³-hybridized carbons (Fsp3) is 0.538. The summed E-state index contributed by atoms with van der Waals surface area (Å²) < 4.78 is 34.6. The van der Waals surface area contributed by atoms with Gasteiger partial charge in [0.05, 0.1) is 7.11 Å². The molecule has 1 aromatic rings. The molecule has 0 bridgehead atoms. The lowest BCUT2D eigenvalue weighted by atomic mass is 10.3. The molecule has 0 aromatic heterocycles. The average Bonchev–Trinajstić information content (AvgIpc) is 2.38. The highest BCUT2D eigenvalue weighted by atomic mass is 19.1. The van der Waals surface area contributed by atoms with Crippen molar-refractivity contribution < 1.29 is 23.3 Å². The van der Waals surface area contributed by atoms with Gasteiger partial charge in [0.1, 0.15) is 6.61 Å². The Hall–Kier alpha value is -1.33. The van der Waals surface area contributed by atoms with Crippen molar-refractivity contribution >= 4 is 0 Å². The maximum absolute atomic E-state index is 13.8. The third-order valence-corrected chi connectivity index (χ3v) is 2.23. The number of benzene rings is 1. The highest BCUT2D eigenvalue weighted by molar-refractivity contribution is 5.35. The molecule has 1 rings (SSSR count). The van der Waals surface area contributed by atoms with Crippen LogP contribution in [0.3, 0.4) is 0 Å². The molecular formula is C13H19FO4. The molecule has 0 aliphatic rings. The number of methoxy groups -OCH3 is 1. The van der Waals surface area contributed by atoms with Gasteiger partial charge in [-0.3, -0.25) is 0 Å². The van der Waals surface area contributed by atoms with Gasteiger partial charge < -0.3 is 18.9 Å². The summed E-state index contributed by atoms with van der Waals surface area (Å²) in [5, 5.41) is 0. The van der Waals surface area contributed by atoms with Gasteiger partial charge in [-0.15, -0.1) is 0 Å². The van der Waals surface area contributed by atoms with Crippen LogP contribution in [0.15, 0.2) is 18.2 Å². The Morgan fingerprint density at radius 1 is 1.11 bits per heavy atom. The standard InChI is InChI=1S/C13H19FO4/c1-4-16-12(17-5-2)9-18-11-8-6-7-10(15-3)13(11)14/h6-8,12H,4-5,9H2,1-3H3. The maximum Gasteiger partial charge on any atom is 0.206 e. The zero-order valence-electron chi connectivity index (χ0n) is 10.9. The molecule has 0 spiro atoms. The van der Waals surface area contributed by atoms with Crippen molar-refractivity contribution in [2.24, 2.45) is 0 Å². The van der Waals surface area contributed by atoms with Crippen LogP contribution < -0.4 is 9.47 Å². The zero-order valence-corrected chi connectivity index (χ0v) is 10.9. The van der Waals surface area contributed by atoms with Gasteiger partial charge in [-0.1, -0.05) is 6.07 Å². The molecule has 1 aromatic carbocycles. The monoisotopic (exact) mass is 258 g/mol. The van der Waals surface area contributed by atoms with Crippen molar-refractivity contribution in [2.75, 3.05) is 26.9 Å². The van der Waals surface area contributed by atoms with Gasteiger partial charge in [-0.2, -0.15) is 4.39 Å². The lowest BCUT2D eigenvalue weighted by Crippen LogP contribution is -2.25. The summed E-state index contributed by atoms with van der Waals surface area (Å²) in [7, 11) is 1.41. The fourth-order valence-electron chi connectivity index (χ4n) is 1.43. The molecule has 0 saturated heterocycles. The van der Waals surface area contributed by atoms with Crippen LogP contribution in [-0.2, 0) is 9.47 Å². The molecule has 0 unspecified atom stereocenters. The lowest BCUT2D eigenvalue weighted by Gasteiger charge is -2.18. The molecule has 0 atom stereocenters. The minimum Gasteiger partial charge on any atom is -0.494 e. The Bertz CT molecular complexity index is 351. The van der Waals surface area contributed by atoms with E-state index in [0.717, 1.165) is 0 Å². The summed E-state index contributed by atoms with van der Waals surface area (Å²) in [6.45, 7) is 4.87. The van der Waals surface area contributed by atoms with Gasteiger partial charge in [0.2, 0.25) is 5.82 Å². The molecule has 0 aliphatic carbocycles. The topological polar surface area (TPSA) is 36.9 Å². The first-order chi connectivity index (χ1) is 8.72. The van der Waals surface area contributed by atoms with Crippen LogP contribution in [0.25, 0.3) is 0 Å². The molecule has 102 valence electrons. The molecular weight excluding hydrogens is 239 g/mol. The predicted molar refractivity (Wildman–Crippen MR) is 65.5 cm³/mol. The van der Waals surface area contributed by atoms with Crippen molar-refractivity contribution in [3.05, 3.63) is 24.0 Å². The minimum atomic E-state index is -0.522. The minimum absolute atomic E-state index is 0.124. The van der Waals surface area contributed by atoms with E-state index < -0.39 is 12.1 Å². The van der Waals surface area contributed by atoms with Gasteiger partial charge >= 0.3 is 0 Å². The third kappa shape index (κ3) is 4.16. The van der Waals surface area contributed by atoms with Gasteiger partial charge in [0.25, 0.3) is 0 Å². The van der Waals surface area contributed by atoms with E-state index in [9.17, 15) is 4.39 Å². The SMILES string of the molecule is CCOC(COc1cccc(OC)c1F)OCC. The molecule has 0 amide bonds. The Morgan fingerprint density at radius 2 is 1.72 bits per heavy atom. The van der Waals surface area contributed by atoms with E-state index in [4.69, 9.17) is 18.9 Å². The second-order valence-corrected chi connectivity index (χ2v) is 3.42. The summed E-state index contributed by atoms with van der Waals surface area (Å²) >= 11 is 0. The fourth-order valence-corrected chi connectivity index (χ4v) is 1.43. The summed E-state index contributed by atoms with van der Waals surface area (Å²) in [4.78, 5) is 0. The maximum atomic E-state index is 13.8. The molecule has 5 heteroatoms. The smallest absolute Gasteiger partial charge is 0.206 e. The predicted octanol–water partition coefficient (Wildman–Crippen LogP) is 2.61. The van der Waals surface area contributed by atoms with Crippen LogP contribution in [-0.4, -0.2) is 33.2 Å². The Balaban J connectivity index is 2.61. The van der Waals surface area contributed by atoms with E-state index in [1.807, 2.05) is 13.8 Å². The van der Waals surface area contributed by atoms with Crippen molar-refractivity contribution in [3.8, 4) is 11.5 Å². The normalized spacial score (nSPS) is 10.7. The van der Waals surface area contributed by atoms with E-state index >= 15 is 0 Å². The lowest BCUT2D eigenvalue weighted by molar-refractivity contribution is -0.152. The molecule has 0 fully saturated rings. The van der Waals surface area contributed by atoms with Crippen LogP contribution >= 0.6 is 0 Å². The van der Waals surface area contributed by atoms with E-state index in [0.29, 0.717) is 13.2 Å². The Labute approximate surface area is 107 Å². The van der Waals surface area contributed by atoms with Crippen LogP contribution in [0, 0.1) is 5.82 Å². The quantitative estimate of drug-likeness (QED) is 0.672. The number of rotatable bonds is 8. The van der Waals surface area contributed by atoms with E-state index in [1.54, 1.807) is 6.07 Å². The number of hydrogen-bond acceptors (Lipinski definition) is 4. The number of hydrogen-bond donors (Lipinski definition) is 0. The van der Waals surface area contributed by atoms with Crippen LogP contribution in [0.1, 0.15) is 13.8 Å². The van der Waals surface area contributed by atoms with E-state index in [-0.39, 0.29) is 18.1 Å². The summed E-state index contributed by atoms with van der Waals surface area (Å²) in [5.74, 6) is -0.248. The van der Waals surface area contributed by atoms with Crippen molar-refractivity contribution in [2.45, 2.75) is 20.1 Å². The van der Waals surface area contributed by atoms with Gasteiger partial charge in [0, 0.05) is 13.2 Å². The molecule has 0 heterocycles. The first kappa shape index (κ1) is 14.7. The molecule has 4 nitrogen and oxygen atoms in total. The van der Waals surface area contributed by atoms with Crippen LogP contribution in [0.2, 0.25) is 0 Å². The van der Waals surface area contributed by atoms with Crippen molar-refractivity contribution in [1.29, 1.82) is 0 Å². The zero-order chi connectivity index (χ0) is 13.4. The number of halogens is 1. The highest BCUT2D eigenvalue weighted by Gasteiger charge is 2.13. The number of ether oxygens (including phenoxy) is 4. The molecule has 18 heavy (non-hydrogen) atoms. The Morgan fingerprint density at radius 3 is 2.28 bits per heavy atom. The molecule has 0 aliphatic heterocycles. The van der Waals surface area contributed by atoms with Gasteiger partial charge in [-0.25, -0.2) is 0 Å². The summed E-state index contributed by atoms with van der Waals surface area (Å²) in [5.41, 5.74) is 0. The van der Waals surface area contributed by atoms with Crippen molar-refractivity contribution in [3.63, 3.8) is 0 Å². The largest absolute Gasteiger partial charge is 0.494 e. The van der Waals surface area contributed by atoms with Crippen molar-refractivity contribution in [1.82, 2.24) is 0 Å². The average molecular weight is 258 g/mol. The van der Waals surface area contributed by atoms with E-state index in [2.05, 4.69) is 0 Å². The molecule has 0 saturated carbocycles. The van der Waals surface area contributed by atoms with Crippen LogP contribution in [0.5, 0.6) is 11.5 Å². The highest BCUT2D eigenvalue weighted by Crippen LogP contribution is 2.26. The van der Waals surface area contributed by atoms with Gasteiger partial charge in [0.15, 0.2) is 17.8 Å². The van der Waals surface area contributed by atoms with Gasteiger partial charge in [-0.05, 0) is 26.0 Å². The Kier molecular flexibility index (Phi) is 6.46. The second kappa shape index (κ2) is 7.89. The first-order valence-corrected chi connectivity index (χ1v) is 5.91. The van der Waals surface area contributed by atoms with Crippen LogP contribution in [0.4, 0.5) is 4.39 Å². The first-order valence-electron chi connectivity index (χ1n) is 5.91. The summed E-state index contributed by atoms with van der Waals surface area (Å²) in [6.07, 6.45) is -0.495. The second-order valence-electron chi connectivity index (χ2n) is 3.42. The van der Waals surface area contributed by atoms with E-state index in [1.165, 1.54) is 19.2 Å².